The number of carboxylic acid groups (broad SMARTS) is 1. The minimum Gasteiger partial charge on any atom is -0.475 e. The van der Waals surface area contributed by atoms with Crippen molar-refractivity contribution < 1.29 is 27.9 Å². The Morgan fingerprint density at radius 3 is 2.62 bits per heavy atom. The lowest BCUT2D eigenvalue weighted by atomic mass is 10.1. The Balaban J connectivity index is 1.57. The Labute approximate surface area is 166 Å². The van der Waals surface area contributed by atoms with Crippen molar-refractivity contribution in [3.05, 3.63) is 58.4 Å². The number of alkyl halides is 3. The van der Waals surface area contributed by atoms with Gasteiger partial charge in [0, 0.05) is 12.2 Å². The van der Waals surface area contributed by atoms with Crippen molar-refractivity contribution in [2.24, 2.45) is 0 Å². The fourth-order valence-corrected chi connectivity index (χ4v) is 2.85. The number of carbonyl (C=O) groups is 2. The summed E-state index contributed by atoms with van der Waals surface area (Å²) in [5.41, 5.74) is 0.777. The first-order valence-electron chi connectivity index (χ1n) is 8.27. The van der Waals surface area contributed by atoms with Crippen molar-refractivity contribution in [2.75, 3.05) is 11.9 Å². The number of amides is 2. The first-order chi connectivity index (χ1) is 13.6. The number of hydrogen-bond donors (Lipinski definition) is 4. The third-order valence-corrected chi connectivity index (χ3v) is 4.31. The van der Waals surface area contributed by atoms with E-state index in [9.17, 15) is 22.8 Å². The molecule has 0 atom stereocenters. The topological polar surface area (TPSA) is 107 Å². The van der Waals surface area contributed by atoms with E-state index in [1.54, 1.807) is 18.2 Å². The Bertz CT molecular complexity index is 1080. The van der Waals surface area contributed by atoms with E-state index >= 15 is 0 Å². The zero-order valence-corrected chi connectivity index (χ0v) is 15.4. The third-order valence-electron chi connectivity index (χ3n) is 3.98. The second-order valence-electron chi connectivity index (χ2n) is 6.07. The van der Waals surface area contributed by atoms with Crippen LogP contribution in [-0.2, 0) is 12.6 Å². The Kier molecular flexibility index (Phi) is 5.64. The van der Waals surface area contributed by atoms with Crippen LogP contribution in [0.1, 0.15) is 21.7 Å². The highest BCUT2D eigenvalue weighted by atomic mass is 35.5. The van der Waals surface area contributed by atoms with Crippen LogP contribution in [0.3, 0.4) is 0 Å². The number of aromatic amines is 1. The van der Waals surface area contributed by atoms with Gasteiger partial charge in [-0.1, -0.05) is 17.7 Å². The molecule has 0 saturated carbocycles. The minimum atomic E-state index is -4.63. The molecule has 3 aromatic rings. The summed E-state index contributed by atoms with van der Waals surface area (Å²) in [6.45, 7) is 0.205. The summed E-state index contributed by atoms with van der Waals surface area (Å²) in [6.07, 6.45) is -4.21. The molecule has 0 fully saturated rings. The Morgan fingerprint density at radius 1 is 1.17 bits per heavy atom. The molecule has 7 nitrogen and oxygen atoms in total. The molecule has 2 amide bonds. The number of aromatic nitrogens is 2. The van der Waals surface area contributed by atoms with Gasteiger partial charge in [0.1, 0.15) is 0 Å². The molecule has 0 bridgehead atoms. The van der Waals surface area contributed by atoms with Gasteiger partial charge in [-0.15, -0.1) is 0 Å². The SMILES string of the molecule is O=C(NCCc1ccc2nc(C(=O)O)[nH]c2c1)Nc1ccc(Cl)c(C(F)(F)F)c1. The summed E-state index contributed by atoms with van der Waals surface area (Å²) in [4.78, 5) is 29.4. The predicted octanol–water partition coefficient (Wildman–Crippen LogP) is 4.30. The number of urea groups is 1. The largest absolute Gasteiger partial charge is 0.475 e. The van der Waals surface area contributed by atoms with E-state index in [-0.39, 0.29) is 18.1 Å². The summed E-state index contributed by atoms with van der Waals surface area (Å²) in [5.74, 6) is -1.34. The number of nitrogens with one attached hydrogen (secondary N) is 3. The third kappa shape index (κ3) is 4.96. The molecule has 29 heavy (non-hydrogen) atoms. The van der Waals surface area contributed by atoms with Crippen LogP contribution < -0.4 is 10.6 Å². The molecule has 2 aromatic carbocycles. The zero-order chi connectivity index (χ0) is 21.2. The number of nitrogens with zero attached hydrogens (tertiary/aromatic N) is 1. The molecule has 4 N–H and O–H groups in total. The normalized spacial score (nSPS) is 11.4. The average molecular weight is 427 g/mol. The maximum atomic E-state index is 12.9. The number of hydrogen-bond acceptors (Lipinski definition) is 3. The summed E-state index contributed by atoms with van der Waals surface area (Å²) < 4.78 is 38.6. The lowest BCUT2D eigenvalue weighted by molar-refractivity contribution is -0.137. The molecule has 0 unspecified atom stereocenters. The first-order valence-corrected chi connectivity index (χ1v) is 8.65. The van der Waals surface area contributed by atoms with Crippen molar-refractivity contribution in [2.45, 2.75) is 12.6 Å². The molecule has 0 spiro atoms. The number of carboxylic acids is 1. The number of H-pyrrole nitrogens is 1. The minimum absolute atomic E-state index is 0.0423. The van der Waals surface area contributed by atoms with Crippen molar-refractivity contribution in [1.82, 2.24) is 15.3 Å². The second-order valence-corrected chi connectivity index (χ2v) is 6.47. The van der Waals surface area contributed by atoms with Gasteiger partial charge in [-0.3, -0.25) is 0 Å². The van der Waals surface area contributed by atoms with Gasteiger partial charge in [0.25, 0.3) is 0 Å². The van der Waals surface area contributed by atoms with Gasteiger partial charge in [-0.2, -0.15) is 13.2 Å². The molecule has 0 aliphatic carbocycles. The van der Waals surface area contributed by atoms with Crippen molar-refractivity contribution >= 4 is 40.3 Å². The van der Waals surface area contributed by atoms with Crippen LogP contribution >= 0.6 is 11.6 Å². The number of halogens is 4. The fraction of sp³-hybridized carbons (Fsp3) is 0.167. The van der Waals surface area contributed by atoms with E-state index < -0.39 is 28.8 Å². The number of benzene rings is 2. The molecule has 11 heteroatoms. The van der Waals surface area contributed by atoms with Crippen LogP contribution in [0.4, 0.5) is 23.7 Å². The van der Waals surface area contributed by atoms with Gasteiger partial charge >= 0.3 is 18.2 Å². The van der Waals surface area contributed by atoms with Crippen molar-refractivity contribution in [3.63, 3.8) is 0 Å². The van der Waals surface area contributed by atoms with Crippen LogP contribution in [0.25, 0.3) is 11.0 Å². The zero-order valence-electron chi connectivity index (χ0n) is 14.6. The van der Waals surface area contributed by atoms with Crippen molar-refractivity contribution in [1.29, 1.82) is 0 Å². The van der Waals surface area contributed by atoms with E-state index in [0.29, 0.717) is 17.5 Å². The quantitative estimate of drug-likeness (QED) is 0.488. The van der Waals surface area contributed by atoms with Crippen LogP contribution in [0, 0.1) is 0 Å². The summed E-state index contributed by atoms with van der Waals surface area (Å²) in [6, 6.07) is 7.52. The number of imidazole rings is 1. The molecule has 152 valence electrons. The lowest BCUT2D eigenvalue weighted by Crippen LogP contribution is -2.30. The number of rotatable bonds is 5. The molecule has 0 aliphatic rings. The molecular weight excluding hydrogens is 413 g/mol. The van der Waals surface area contributed by atoms with E-state index in [2.05, 4.69) is 20.6 Å². The summed E-state index contributed by atoms with van der Waals surface area (Å²) >= 11 is 5.54. The Hall–Kier alpha value is -3.27. The highest BCUT2D eigenvalue weighted by Crippen LogP contribution is 2.36. The van der Waals surface area contributed by atoms with E-state index in [0.717, 1.165) is 17.7 Å². The van der Waals surface area contributed by atoms with Gasteiger partial charge in [-0.25, -0.2) is 14.6 Å². The molecule has 0 aliphatic heterocycles. The van der Waals surface area contributed by atoms with Crippen LogP contribution in [0.2, 0.25) is 5.02 Å². The van der Waals surface area contributed by atoms with E-state index in [1.165, 1.54) is 6.07 Å². The summed E-state index contributed by atoms with van der Waals surface area (Å²) in [5, 5.41) is 13.3. The smallest absolute Gasteiger partial charge is 0.417 e. The Morgan fingerprint density at radius 2 is 1.93 bits per heavy atom. The molecule has 0 radical (unpaired) electrons. The molecule has 3 rings (SSSR count). The van der Waals surface area contributed by atoms with Gasteiger partial charge < -0.3 is 20.7 Å². The maximum absolute atomic E-state index is 12.9. The van der Waals surface area contributed by atoms with Crippen LogP contribution in [-0.4, -0.2) is 33.6 Å². The predicted molar refractivity (Wildman–Crippen MR) is 100 cm³/mol. The van der Waals surface area contributed by atoms with Crippen LogP contribution in [0.5, 0.6) is 0 Å². The number of anilines is 1. The van der Waals surface area contributed by atoms with Gasteiger partial charge in [-0.05, 0) is 42.3 Å². The van der Waals surface area contributed by atoms with E-state index in [1.807, 2.05) is 0 Å². The average Bonchev–Trinajstić information content (AvgIpc) is 3.06. The van der Waals surface area contributed by atoms with Gasteiger partial charge in [0.2, 0.25) is 5.82 Å². The first kappa shape index (κ1) is 20.5. The van der Waals surface area contributed by atoms with Crippen LogP contribution in [0.15, 0.2) is 36.4 Å². The molecule has 1 aromatic heterocycles. The van der Waals surface area contributed by atoms with Gasteiger partial charge in [0.15, 0.2) is 0 Å². The molecular formula is C18H14ClF3N4O3. The highest BCUT2D eigenvalue weighted by molar-refractivity contribution is 6.31. The summed E-state index contributed by atoms with van der Waals surface area (Å²) in [7, 11) is 0. The molecule has 0 saturated heterocycles. The highest BCUT2D eigenvalue weighted by Gasteiger charge is 2.33. The number of fused-ring (bicyclic) bond motifs is 1. The fourth-order valence-electron chi connectivity index (χ4n) is 2.63. The van der Waals surface area contributed by atoms with E-state index in [4.69, 9.17) is 16.7 Å². The van der Waals surface area contributed by atoms with Gasteiger partial charge in [0.05, 0.1) is 21.6 Å². The number of carbonyl (C=O) groups excluding carboxylic acids is 1. The lowest BCUT2D eigenvalue weighted by Gasteiger charge is -2.12. The number of aromatic carboxylic acids is 1. The second kappa shape index (κ2) is 8.00. The standard InChI is InChI=1S/C18H14ClF3N4O3/c19-12-3-2-10(8-11(12)18(20,21)22)24-17(29)23-6-5-9-1-4-13-14(7-9)26-15(25-13)16(27)28/h1-4,7-8H,5-6H2,(H,25,26)(H,27,28)(H2,23,24,29). The van der Waals surface area contributed by atoms with Crippen molar-refractivity contribution in [3.8, 4) is 0 Å². The monoisotopic (exact) mass is 426 g/mol. The maximum Gasteiger partial charge on any atom is 0.417 e. The molecule has 1 heterocycles.